The average molecular weight is 284 g/mol. The van der Waals surface area contributed by atoms with Crippen LogP contribution in [0.4, 0.5) is 0 Å². The summed E-state index contributed by atoms with van der Waals surface area (Å²) in [6.07, 6.45) is 0.726. The van der Waals surface area contributed by atoms with Crippen molar-refractivity contribution in [1.29, 1.82) is 0 Å². The fourth-order valence-electron chi connectivity index (χ4n) is 1.20. The van der Waals surface area contributed by atoms with Crippen LogP contribution in [-0.4, -0.2) is 16.4 Å². The summed E-state index contributed by atoms with van der Waals surface area (Å²) in [5.74, 6) is 0.204. The number of benzene rings is 1. The molecule has 0 saturated carbocycles. The van der Waals surface area contributed by atoms with Gasteiger partial charge in [-0.2, -0.15) is 0 Å². The number of aldehydes is 1. The van der Waals surface area contributed by atoms with Gasteiger partial charge in [0, 0.05) is 0 Å². The number of carbonyl (C=O) groups is 1. The van der Waals surface area contributed by atoms with Gasteiger partial charge in [-0.25, -0.2) is 4.98 Å². The van der Waals surface area contributed by atoms with Crippen molar-refractivity contribution in [2.75, 3.05) is 0 Å². The highest BCUT2D eigenvalue weighted by Crippen LogP contribution is 2.32. The van der Waals surface area contributed by atoms with Gasteiger partial charge in [0.1, 0.15) is 11.4 Å². The molecule has 0 amide bonds. The molecular formula is C10H6BrNO2S. The Bertz CT molecular complexity index is 493. The summed E-state index contributed by atoms with van der Waals surface area (Å²) < 4.78 is 0.674. The summed E-state index contributed by atoms with van der Waals surface area (Å²) in [6.45, 7) is 0. The zero-order chi connectivity index (χ0) is 10.8. The minimum absolute atomic E-state index is 0.204. The number of hydrogen-bond acceptors (Lipinski definition) is 4. The molecule has 2 rings (SSSR count). The molecule has 1 aromatic heterocycles. The Morgan fingerprint density at radius 1 is 1.33 bits per heavy atom. The van der Waals surface area contributed by atoms with Crippen molar-refractivity contribution >= 4 is 33.6 Å². The van der Waals surface area contributed by atoms with E-state index >= 15 is 0 Å². The first kappa shape index (κ1) is 10.3. The predicted molar refractivity (Wildman–Crippen MR) is 62.3 cm³/mol. The van der Waals surface area contributed by atoms with Crippen LogP contribution in [0.2, 0.25) is 0 Å². The third-order valence-corrected chi connectivity index (χ3v) is 3.44. The molecule has 2 aromatic rings. The van der Waals surface area contributed by atoms with Gasteiger partial charge in [0.25, 0.3) is 0 Å². The molecule has 0 radical (unpaired) electrons. The van der Waals surface area contributed by atoms with Gasteiger partial charge in [-0.3, -0.25) is 4.79 Å². The first-order chi connectivity index (χ1) is 7.20. The Hall–Kier alpha value is -1.20. The number of hydrogen-bond donors (Lipinski definition) is 1. The summed E-state index contributed by atoms with van der Waals surface area (Å²) in [5.41, 5.74) is 1.29. The molecule has 0 saturated heterocycles. The molecule has 5 heteroatoms. The van der Waals surface area contributed by atoms with Crippen LogP contribution < -0.4 is 0 Å². The van der Waals surface area contributed by atoms with Gasteiger partial charge in [0.05, 0.1) is 4.88 Å². The third-order valence-electron chi connectivity index (χ3n) is 1.87. The second kappa shape index (κ2) is 4.12. The van der Waals surface area contributed by atoms with E-state index in [2.05, 4.69) is 20.9 Å². The van der Waals surface area contributed by atoms with Gasteiger partial charge in [-0.05, 0) is 45.8 Å². The van der Waals surface area contributed by atoms with Gasteiger partial charge < -0.3 is 5.11 Å². The first-order valence-electron chi connectivity index (χ1n) is 4.11. The van der Waals surface area contributed by atoms with E-state index in [1.807, 2.05) is 0 Å². The van der Waals surface area contributed by atoms with Gasteiger partial charge in [-0.1, -0.05) is 0 Å². The maximum Gasteiger partial charge on any atom is 0.169 e. The average Bonchev–Trinajstić information content (AvgIpc) is 2.61. The predicted octanol–water partition coefficient (Wildman–Crippen LogP) is 3.09. The Morgan fingerprint density at radius 2 is 2.00 bits per heavy atom. The Balaban J connectivity index is 2.52. The molecule has 0 aliphatic carbocycles. The molecule has 3 nitrogen and oxygen atoms in total. The van der Waals surface area contributed by atoms with Crippen molar-refractivity contribution in [3.05, 3.63) is 33.9 Å². The Morgan fingerprint density at radius 3 is 2.60 bits per heavy atom. The van der Waals surface area contributed by atoms with Crippen molar-refractivity contribution in [2.45, 2.75) is 0 Å². The number of phenols is 1. The van der Waals surface area contributed by atoms with Crippen LogP contribution in [0, 0.1) is 0 Å². The zero-order valence-electron chi connectivity index (χ0n) is 7.48. The summed E-state index contributed by atoms with van der Waals surface area (Å²) in [4.78, 5) is 15.6. The standard InChI is InChI=1S/C10H6BrNO2S/c11-10-12-8(5-13)9(15-10)6-1-3-7(14)4-2-6/h1-5,14H. The van der Waals surface area contributed by atoms with Crippen LogP contribution in [0.25, 0.3) is 10.4 Å². The molecule has 1 heterocycles. The first-order valence-corrected chi connectivity index (χ1v) is 5.72. The van der Waals surface area contributed by atoms with E-state index < -0.39 is 0 Å². The Labute approximate surface area is 98.5 Å². The van der Waals surface area contributed by atoms with E-state index in [1.165, 1.54) is 11.3 Å². The van der Waals surface area contributed by atoms with E-state index in [0.717, 1.165) is 16.7 Å². The number of halogens is 1. The molecule has 76 valence electrons. The van der Waals surface area contributed by atoms with Crippen LogP contribution >= 0.6 is 27.3 Å². The highest BCUT2D eigenvalue weighted by Gasteiger charge is 2.10. The quantitative estimate of drug-likeness (QED) is 0.862. The normalized spacial score (nSPS) is 10.2. The molecule has 15 heavy (non-hydrogen) atoms. The maximum absolute atomic E-state index is 10.8. The lowest BCUT2D eigenvalue weighted by Crippen LogP contribution is -1.82. The molecule has 0 spiro atoms. The van der Waals surface area contributed by atoms with E-state index in [-0.39, 0.29) is 5.75 Å². The van der Waals surface area contributed by atoms with E-state index in [9.17, 15) is 4.79 Å². The zero-order valence-corrected chi connectivity index (χ0v) is 9.88. The summed E-state index contributed by atoms with van der Waals surface area (Å²) in [6, 6.07) is 6.67. The van der Waals surface area contributed by atoms with Crippen LogP contribution in [0.15, 0.2) is 28.2 Å². The molecule has 0 bridgehead atoms. The summed E-state index contributed by atoms with van der Waals surface area (Å²) in [7, 11) is 0. The smallest absolute Gasteiger partial charge is 0.169 e. The van der Waals surface area contributed by atoms with E-state index in [0.29, 0.717) is 9.61 Å². The minimum Gasteiger partial charge on any atom is -0.508 e. The van der Waals surface area contributed by atoms with Crippen molar-refractivity contribution < 1.29 is 9.90 Å². The van der Waals surface area contributed by atoms with Crippen molar-refractivity contribution in [2.24, 2.45) is 0 Å². The Kier molecular flexibility index (Phi) is 2.83. The lowest BCUT2D eigenvalue weighted by molar-refractivity contribution is 0.112. The molecule has 0 aliphatic heterocycles. The van der Waals surface area contributed by atoms with Gasteiger partial charge in [-0.15, -0.1) is 11.3 Å². The SMILES string of the molecule is O=Cc1nc(Br)sc1-c1ccc(O)cc1. The third kappa shape index (κ3) is 2.08. The van der Waals surface area contributed by atoms with Crippen molar-refractivity contribution in [3.8, 4) is 16.2 Å². The van der Waals surface area contributed by atoms with Crippen LogP contribution in [0.5, 0.6) is 5.75 Å². The van der Waals surface area contributed by atoms with Gasteiger partial charge in [0.15, 0.2) is 10.2 Å². The number of thiazole rings is 1. The fraction of sp³-hybridized carbons (Fsp3) is 0. The van der Waals surface area contributed by atoms with Crippen LogP contribution in [-0.2, 0) is 0 Å². The van der Waals surface area contributed by atoms with Crippen LogP contribution in [0.1, 0.15) is 10.5 Å². The highest BCUT2D eigenvalue weighted by molar-refractivity contribution is 9.11. The molecule has 0 fully saturated rings. The maximum atomic E-state index is 10.8. The van der Waals surface area contributed by atoms with Crippen molar-refractivity contribution in [3.63, 3.8) is 0 Å². The molecule has 1 N–H and O–H groups in total. The largest absolute Gasteiger partial charge is 0.508 e. The van der Waals surface area contributed by atoms with E-state index in [1.54, 1.807) is 24.3 Å². The highest BCUT2D eigenvalue weighted by atomic mass is 79.9. The van der Waals surface area contributed by atoms with E-state index in [4.69, 9.17) is 5.11 Å². The monoisotopic (exact) mass is 283 g/mol. The summed E-state index contributed by atoms with van der Waals surface area (Å²) in [5, 5.41) is 9.14. The summed E-state index contributed by atoms with van der Waals surface area (Å²) >= 11 is 4.63. The van der Waals surface area contributed by atoms with Gasteiger partial charge in [0.2, 0.25) is 0 Å². The topological polar surface area (TPSA) is 50.2 Å². The number of aromatic hydroxyl groups is 1. The molecule has 0 unspecified atom stereocenters. The van der Waals surface area contributed by atoms with Crippen LogP contribution in [0.3, 0.4) is 0 Å². The molecular weight excluding hydrogens is 278 g/mol. The number of nitrogens with zero attached hydrogens (tertiary/aromatic N) is 1. The number of aromatic nitrogens is 1. The number of phenolic OH excluding ortho intramolecular Hbond substituents is 1. The fourth-order valence-corrected chi connectivity index (χ4v) is 2.65. The lowest BCUT2D eigenvalue weighted by Gasteiger charge is -1.97. The van der Waals surface area contributed by atoms with Crippen molar-refractivity contribution in [1.82, 2.24) is 4.98 Å². The number of carbonyl (C=O) groups excluding carboxylic acids is 1. The number of rotatable bonds is 2. The second-order valence-corrected chi connectivity index (χ2v) is 5.12. The van der Waals surface area contributed by atoms with Gasteiger partial charge >= 0.3 is 0 Å². The molecule has 0 atom stereocenters. The lowest BCUT2D eigenvalue weighted by atomic mass is 10.1. The second-order valence-electron chi connectivity index (χ2n) is 2.85. The minimum atomic E-state index is 0.204. The molecule has 0 aliphatic rings. The molecule has 1 aromatic carbocycles.